The van der Waals surface area contributed by atoms with E-state index in [1.54, 1.807) is 64.9 Å². The van der Waals surface area contributed by atoms with E-state index in [0.29, 0.717) is 12.7 Å². The van der Waals surface area contributed by atoms with E-state index in [9.17, 15) is 34.5 Å². The van der Waals surface area contributed by atoms with Crippen molar-refractivity contribution in [3.63, 3.8) is 0 Å². The molecule has 3 heterocycles. The number of rotatable bonds is 11. The van der Waals surface area contributed by atoms with Crippen LogP contribution in [-0.4, -0.2) is 151 Å². The largest absolute Gasteiger partial charge is 0.462 e. The van der Waals surface area contributed by atoms with Gasteiger partial charge in [-0.3, -0.25) is 14.4 Å². The number of likely N-dealkylation sites (N-methyl/N-ethyl adjacent to an activating group) is 1. The number of aliphatic hydroxyl groups excluding tert-OH is 2. The molecule has 0 amide bonds. The summed E-state index contributed by atoms with van der Waals surface area (Å²) < 4.78 is 48.3. The second-order valence-corrected chi connectivity index (χ2v) is 15.7. The van der Waals surface area contributed by atoms with Gasteiger partial charge in [0.25, 0.3) is 0 Å². The van der Waals surface area contributed by atoms with E-state index in [1.807, 2.05) is 13.0 Å². The molecule has 0 unspecified atom stereocenters. The zero-order valence-electron chi connectivity index (χ0n) is 34.5. The van der Waals surface area contributed by atoms with Gasteiger partial charge in [0, 0.05) is 39.7 Å². The number of methoxy groups -OCH3 is 1. The van der Waals surface area contributed by atoms with Gasteiger partial charge in [-0.25, -0.2) is 0 Å². The summed E-state index contributed by atoms with van der Waals surface area (Å²) in [6.07, 6.45) is -4.23. The number of carbonyl (C=O) groups excluding carboxylic acids is 4. The molecule has 0 aromatic carbocycles. The van der Waals surface area contributed by atoms with Crippen molar-refractivity contribution in [3.8, 4) is 0 Å². The van der Waals surface area contributed by atoms with Gasteiger partial charge in [-0.05, 0) is 60.0 Å². The van der Waals surface area contributed by atoms with Crippen molar-refractivity contribution in [2.75, 3.05) is 21.2 Å². The van der Waals surface area contributed by atoms with Gasteiger partial charge in [-0.1, -0.05) is 38.2 Å². The first-order valence-corrected chi connectivity index (χ1v) is 19.6. The first-order valence-electron chi connectivity index (χ1n) is 19.6. The topological polar surface area (TPSA) is 206 Å². The molecular formula is C40H65NO15. The zero-order valence-corrected chi connectivity index (χ0v) is 34.5. The highest BCUT2D eigenvalue weighted by atomic mass is 16.7. The summed E-state index contributed by atoms with van der Waals surface area (Å²) in [5, 5.41) is 34.3. The van der Waals surface area contributed by atoms with Gasteiger partial charge in [-0.2, -0.15) is 0 Å². The SMILES string of the molecule is CCC(=O)O[C@H]1CC(=O)O[C@H](C)C/C=C/C=C/[C@H](O)[C@H](C)C[C@H](CC=O)[C@@H](O[C@H]2O[C@H](C)[C@H](O[C@@H]3C[C@@](C)(O)[C@@H](OC(C)=O)[C@@H](C)O3)[C@@H](N(C)C)[C@H]2O)[C@@H]1OC. The molecule has 3 aliphatic heterocycles. The zero-order chi connectivity index (χ0) is 41.9. The van der Waals surface area contributed by atoms with Crippen LogP contribution < -0.4 is 0 Å². The van der Waals surface area contributed by atoms with Crippen LogP contribution in [0.5, 0.6) is 0 Å². The number of allylic oxidation sites excluding steroid dienone is 2. The highest BCUT2D eigenvalue weighted by molar-refractivity contribution is 5.72. The van der Waals surface area contributed by atoms with Gasteiger partial charge in [0.1, 0.15) is 42.4 Å². The Labute approximate surface area is 330 Å². The molecule has 3 rings (SSSR count). The summed E-state index contributed by atoms with van der Waals surface area (Å²) in [7, 11) is 4.85. The predicted molar refractivity (Wildman–Crippen MR) is 201 cm³/mol. The average Bonchev–Trinajstić information content (AvgIpc) is 3.10. The first-order chi connectivity index (χ1) is 26.3. The molecule has 16 atom stereocenters. The summed E-state index contributed by atoms with van der Waals surface area (Å²) in [6, 6.07) is -0.778. The minimum absolute atomic E-state index is 0.000768. The maximum atomic E-state index is 13.3. The minimum atomic E-state index is -1.49. The summed E-state index contributed by atoms with van der Waals surface area (Å²) in [6.45, 7) is 11.3. The van der Waals surface area contributed by atoms with Crippen molar-refractivity contribution in [2.45, 2.75) is 172 Å². The van der Waals surface area contributed by atoms with Crippen LogP contribution in [0.15, 0.2) is 24.3 Å². The number of nitrogens with zero attached hydrogens (tertiary/aromatic N) is 1. The van der Waals surface area contributed by atoms with Crippen LogP contribution in [-0.2, 0) is 57.1 Å². The number of ether oxygens (including phenoxy) is 8. The van der Waals surface area contributed by atoms with Crippen LogP contribution in [0.3, 0.4) is 0 Å². The van der Waals surface area contributed by atoms with E-state index in [2.05, 4.69) is 0 Å². The quantitative estimate of drug-likeness (QED) is 0.156. The fraction of sp³-hybridized carbons (Fsp3) is 0.800. The highest BCUT2D eigenvalue weighted by Gasteiger charge is 2.53. The minimum Gasteiger partial charge on any atom is -0.462 e. The molecule has 16 heteroatoms. The lowest BCUT2D eigenvalue weighted by atomic mass is 9.82. The molecule has 0 bridgehead atoms. The highest BCUT2D eigenvalue weighted by Crippen LogP contribution is 2.37. The van der Waals surface area contributed by atoms with Gasteiger partial charge in [0.15, 0.2) is 18.7 Å². The molecule has 0 aromatic rings. The summed E-state index contributed by atoms with van der Waals surface area (Å²) >= 11 is 0. The van der Waals surface area contributed by atoms with Crippen LogP contribution in [0.4, 0.5) is 0 Å². The Morgan fingerprint density at radius 2 is 1.71 bits per heavy atom. The van der Waals surface area contributed by atoms with Gasteiger partial charge in [0.2, 0.25) is 0 Å². The van der Waals surface area contributed by atoms with Gasteiger partial charge in [-0.15, -0.1) is 0 Å². The fourth-order valence-corrected chi connectivity index (χ4v) is 7.77. The molecule has 16 nitrogen and oxygen atoms in total. The molecule has 320 valence electrons. The van der Waals surface area contributed by atoms with E-state index in [4.69, 9.17) is 37.9 Å². The number of cyclic esters (lactones) is 1. The molecule has 0 radical (unpaired) electrons. The predicted octanol–water partition coefficient (Wildman–Crippen LogP) is 2.38. The molecule has 0 spiro atoms. The van der Waals surface area contributed by atoms with E-state index < -0.39 is 121 Å². The van der Waals surface area contributed by atoms with Crippen molar-refractivity contribution < 1.29 is 72.4 Å². The molecule has 0 saturated carbocycles. The monoisotopic (exact) mass is 799 g/mol. The van der Waals surface area contributed by atoms with Crippen LogP contribution in [0.1, 0.15) is 87.0 Å². The Morgan fingerprint density at radius 3 is 2.30 bits per heavy atom. The number of hydrogen-bond acceptors (Lipinski definition) is 16. The van der Waals surface area contributed by atoms with Crippen molar-refractivity contribution in [1.82, 2.24) is 4.90 Å². The third-order valence-electron chi connectivity index (χ3n) is 10.6. The standard InChI is InChI=1S/C40H65NO15/c1-11-30(45)54-29-20-31(46)50-23(3)15-13-12-14-16-28(44)22(2)19-27(17-18-42)36(37(29)49-10)56-39-34(47)33(41(8)9)35(24(4)52-39)55-32-21-40(7,48)38(25(5)51-32)53-26(6)43/h12-14,16,18,22-25,27-29,32-39,44,47-48H,11,15,17,19-21H2,1-10H3/b13-12+,16-14+/t22-,23-,24-,25-,27+,28+,29+,32-,33+,34-,35+,36-,37-,38+,39-,40-/m1/s1. The Bertz CT molecular complexity index is 1340. The van der Waals surface area contributed by atoms with Gasteiger partial charge < -0.3 is 62.9 Å². The molecule has 0 aromatic heterocycles. The maximum Gasteiger partial charge on any atom is 0.309 e. The van der Waals surface area contributed by atoms with E-state index >= 15 is 0 Å². The van der Waals surface area contributed by atoms with Gasteiger partial charge >= 0.3 is 17.9 Å². The van der Waals surface area contributed by atoms with Crippen LogP contribution in [0, 0.1) is 11.8 Å². The van der Waals surface area contributed by atoms with Crippen molar-refractivity contribution in [1.29, 1.82) is 0 Å². The lowest BCUT2D eigenvalue weighted by Gasteiger charge is -2.50. The summed E-state index contributed by atoms with van der Waals surface area (Å²) in [4.78, 5) is 51.8. The Balaban J connectivity index is 2.02. The van der Waals surface area contributed by atoms with E-state index in [1.165, 1.54) is 21.0 Å². The number of carbonyl (C=O) groups is 4. The average molecular weight is 800 g/mol. The van der Waals surface area contributed by atoms with Crippen LogP contribution >= 0.6 is 0 Å². The van der Waals surface area contributed by atoms with Crippen LogP contribution in [0.2, 0.25) is 0 Å². The number of esters is 3. The maximum absolute atomic E-state index is 13.3. The first kappa shape index (κ1) is 47.6. The van der Waals surface area contributed by atoms with Crippen LogP contribution in [0.25, 0.3) is 0 Å². The molecule has 56 heavy (non-hydrogen) atoms. The van der Waals surface area contributed by atoms with Gasteiger partial charge in [0.05, 0.1) is 36.9 Å². The third kappa shape index (κ3) is 13.1. The Kier molecular flexibility index (Phi) is 18.5. The van der Waals surface area contributed by atoms with Crippen molar-refractivity contribution in [2.24, 2.45) is 11.8 Å². The summed E-state index contributed by atoms with van der Waals surface area (Å²) in [5.41, 5.74) is -1.49. The number of aldehydes is 1. The molecule has 2 saturated heterocycles. The lowest BCUT2D eigenvalue weighted by Crippen LogP contribution is -2.66. The second kappa shape index (κ2) is 21.8. The number of hydrogen-bond donors (Lipinski definition) is 3. The fourth-order valence-electron chi connectivity index (χ4n) is 7.77. The lowest BCUT2D eigenvalue weighted by molar-refractivity contribution is -0.344. The smallest absolute Gasteiger partial charge is 0.309 e. The Hall–Kier alpha value is -2.80. The van der Waals surface area contributed by atoms with Crippen molar-refractivity contribution in [3.05, 3.63) is 24.3 Å². The van der Waals surface area contributed by atoms with E-state index in [0.717, 1.165) is 0 Å². The van der Waals surface area contributed by atoms with E-state index in [-0.39, 0.29) is 25.7 Å². The summed E-state index contributed by atoms with van der Waals surface area (Å²) in [5.74, 6) is -2.91. The third-order valence-corrected chi connectivity index (χ3v) is 10.6. The Morgan fingerprint density at radius 1 is 1.02 bits per heavy atom. The second-order valence-electron chi connectivity index (χ2n) is 15.7. The molecule has 0 aliphatic carbocycles. The molecule has 2 fully saturated rings. The van der Waals surface area contributed by atoms with Crippen molar-refractivity contribution >= 4 is 24.2 Å². The molecule has 3 aliphatic rings. The number of aliphatic hydroxyl groups is 3. The molecular weight excluding hydrogens is 734 g/mol. The molecule has 3 N–H and O–H groups in total. The normalized spacial score (nSPS) is 41.6.